The van der Waals surface area contributed by atoms with Crippen molar-refractivity contribution in [2.24, 2.45) is 11.7 Å². The lowest BCUT2D eigenvalue weighted by Crippen LogP contribution is -2.42. The van der Waals surface area contributed by atoms with Crippen LogP contribution in [0.2, 0.25) is 0 Å². The second-order valence-electron chi connectivity index (χ2n) is 6.32. The van der Waals surface area contributed by atoms with Gasteiger partial charge in [-0.3, -0.25) is 4.79 Å². The number of benzene rings is 1. The van der Waals surface area contributed by atoms with Gasteiger partial charge in [0, 0.05) is 13.1 Å². The highest BCUT2D eigenvalue weighted by molar-refractivity contribution is 5.87. The molecule has 0 bridgehead atoms. The summed E-state index contributed by atoms with van der Waals surface area (Å²) in [5.74, 6) is 0.690. The standard InChI is InChI=1S/C17H26N2O.ClH/c1-4-13-5-7-15(8-6-13)17(2,3)16(20)19-10-9-14(11-18)12-19;/h5-8,14H,4,9-12,18H2,1-3H3;1H. The van der Waals surface area contributed by atoms with Crippen LogP contribution in [0.4, 0.5) is 0 Å². The van der Waals surface area contributed by atoms with E-state index in [2.05, 4.69) is 31.2 Å². The summed E-state index contributed by atoms with van der Waals surface area (Å²) < 4.78 is 0. The average Bonchev–Trinajstić information content (AvgIpc) is 2.95. The van der Waals surface area contributed by atoms with Crippen LogP contribution in [-0.4, -0.2) is 30.4 Å². The van der Waals surface area contributed by atoms with E-state index in [1.807, 2.05) is 18.7 Å². The van der Waals surface area contributed by atoms with Crippen molar-refractivity contribution in [2.45, 2.75) is 39.0 Å². The summed E-state index contributed by atoms with van der Waals surface area (Å²) in [5.41, 5.74) is 7.65. The molecule has 0 radical (unpaired) electrons. The Kier molecular flexibility index (Phi) is 6.24. The number of hydrogen-bond donors (Lipinski definition) is 1. The first-order valence-electron chi connectivity index (χ1n) is 7.58. The van der Waals surface area contributed by atoms with Crippen molar-refractivity contribution in [3.05, 3.63) is 35.4 Å². The zero-order valence-electron chi connectivity index (χ0n) is 13.3. The minimum atomic E-state index is -0.463. The van der Waals surface area contributed by atoms with E-state index in [-0.39, 0.29) is 18.3 Å². The molecule has 118 valence electrons. The highest BCUT2D eigenvalue weighted by atomic mass is 35.5. The number of rotatable bonds is 4. The van der Waals surface area contributed by atoms with E-state index in [1.165, 1.54) is 5.56 Å². The third-order valence-electron chi connectivity index (χ3n) is 4.52. The van der Waals surface area contributed by atoms with E-state index < -0.39 is 5.41 Å². The molecule has 0 aromatic heterocycles. The maximum absolute atomic E-state index is 12.8. The van der Waals surface area contributed by atoms with Crippen LogP contribution >= 0.6 is 12.4 Å². The van der Waals surface area contributed by atoms with Gasteiger partial charge in [-0.05, 0) is 50.3 Å². The summed E-state index contributed by atoms with van der Waals surface area (Å²) in [6.45, 7) is 8.51. The molecule has 1 aromatic carbocycles. The molecule has 21 heavy (non-hydrogen) atoms. The average molecular weight is 311 g/mol. The minimum Gasteiger partial charge on any atom is -0.342 e. The van der Waals surface area contributed by atoms with Crippen molar-refractivity contribution in [3.8, 4) is 0 Å². The zero-order valence-corrected chi connectivity index (χ0v) is 14.1. The Bertz CT molecular complexity index is 470. The highest BCUT2D eigenvalue weighted by Crippen LogP contribution is 2.28. The summed E-state index contributed by atoms with van der Waals surface area (Å²) in [5, 5.41) is 0. The number of likely N-dealkylation sites (tertiary alicyclic amines) is 1. The second kappa shape index (κ2) is 7.28. The molecule has 1 aliphatic heterocycles. The first-order chi connectivity index (χ1) is 9.48. The highest BCUT2D eigenvalue weighted by Gasteiger charge is 2.36. The Morgan fingerprint density at radius 1 is 1.33 bits per heavy atom. The Hall–Kier alpha value is -1.06. The Morgan fingerprint density at radius 3 is 2.43 bits per heavy atom. The van der Waals surface area contributed by atoms with Gasteiger partial charge in [0.2, 0.25) is 5.91 Å². The fourth-order valence-corrected chi connectivity index (χ4v) is 2.89. The first kappa shape index (κ1) is 18.0. The van der Waals surface area contributed by atoms with Gasteiger partial charge in [0.25, 0.3) is 0 Å². The summed E-state index contributed by atoms with van der Waals surface area (Å²) >= 11 is 0. The van der Waals surface area contributed by atoms with Crippen LogP contribution in [0.1, 0.15) is 38.3 Å². The van der Waals surface area contributed by atoms with Crippen molar-refractivity contribution < 1.29 is 4.79 Å². The van der Waals surface area contributed by atoms with Crippen molar-refractivity contribution in [2.75, 3.05) is 19.6 Å². The fourth-order valence-electron chi connectivity index (χ4n) is 2.89. The summed E-state index contributed by atoms with van der Waals surface area (Å²) in [4.78, 5) is 14.7. The zero-order chi connectivity index (χ0) is 14.8. The molecule has 3 nitrogen and oxygen atoms in total. The van der Waals surface area contributed by atoms with Gasteiger partial charge < -0.3 is 10.6 Å². The van der Waals surface area contributed by atoms with E-state index in [0.717, 1.165) is 31.5 Å². The molecule has 1 fully saturated rings. The first-order valence-corrected chi connectivity index (χ1v) is 7.58. The number of amides is 1. The van der Waals surface area contributed by atoms with Crippen LogP contribution in [-0.2, 0) is 16.6 Å². The molecule has 1 aromatic rings. The van der Waals surface area contributed by atoms with Crippen molar-refractivity contribution in [1.82, 2.24) is 4.90 Å². The lowest BCUT2D eigenvalue weighted by Gasteiger charge is -2.30. The third-order valence-corrected chi connectivity index (χ3v) is 4.52. The Labute approximate surface area is 134 Å². The molecule has 2 rings (SSSR count). The van der Waals surface area contributed by atoms with Gasteiger partial charge in [0.05, 0.1) is 5.41 Å². The van der Waals surface area contributed by atoms with E-state index in [1.54, 1.807) is 0 Å². The van der Waals surface area contributed by atoms with Crippen LogP contribution in [0.3, 0.4) is 0 Å². The number of nitrogens with zero attached hydrogens (tertiary/aromatic N) is 1. The normalized spacial score (nSPS) is 18.5. The van der Waals surface area contributed by atoms with Crippen LogP contribution in [0, 0.1) is 5.92 Å². The van der Waals surface area contributed by atoms with E-state index in [0.29, 0.717) is 12.5 Å². The molecule has 4 heteroatoms. The van der Waals surface area contributed by atoms with E-state index >= 15 is 0 Å². The predicted octanol–water partition coefficient (Wildman–Crippen LogP) is 2.76. The summed E-state index contributed by atoms with van der Waals surface area (Å²) in [6, 6.07) is 8.43. The van der Waals surface area contributed by atoms with Gasteiger partial charge in [-0.1, -0.05) is 31.2 Å². The van der Waals surface area contributed by atoms with Gasteiger partial charge in [0.1, 0.15) is 0 Å². The molecule has 0 spiro atoms. The molecule has 1 heterocycles. The Morgan fingerprint density at radius 2 is 1.95 bits per heavy atom. The third kappa shape index (κ3) is 3.78. The largest absolute Gasteiger partial charge is 0.342 e. The summed E-state index contributed by atoms with van der Waals surface area (Å²) in [6.07, 6.45) is 2.06. The molecule has 0 saturated carbocycles. The second-order valence-corrected chi connectivity index (χ2v) is 6.32. The summed E-state index contributed by atoms with van der Waals surface area (Å²) in [7, 11) is 0. The molecule has 1 amide bonds. The lowest BCUT2D eigenvalue weighted by molar-refractivity contribution is -0.135. The van der Waals surface area contributed by atoms with Gasteiger partial charge in [-0.15, -0.1) is 12.4 Å². The number of carbonyl (C=O) groups excluding carboxylic acids is 1. The molecular weight excluding hydrogens is 284 g/mol. The molecule has 1 saturated heterocycles. The van der Waals surface area contributed by atoms with Crippen molar-refractivity contribution >= 4 is 18.3 Å². The smallest absolute Gasteiger partial charge is 0.232 e. The van der Waals surface area contributed by atoms with Crippen LogP contribution < -0.4 is 5.73 Å². The number of aryl methyl sites for hydroxylation is 1. The van der Waals surface area contributed by atoms with Crippen LogP contribution in [0.25, 0.3) is 0 Å². The quantitative estimate of drug-likeness (QED) is 0.929. The number of halogens is 1. The minimum absolute atomic E-state index is 0. The van der Waals surface area contributed by atoms with Gasteiger partial charge in [0.15, 0.2) is 0 Å². The van der Waals surface area contributed by atoms with Gasteiger partial charge in [-0.2, -0.15) is 0 Å². The fraction of sp³-hybridized carbons (Fsp3) is 0.588. The van der Waals surface area contributed by atoms with Crippen LogP contribution in [0.5, 0.6) is 0 Å². The number of carbonyl (C=O) groups is 1. The van der Waals surface area contributed by atoms with Crippen molar-refractivity contribution in [3.63, 3.8) is 0 Å². The number of hydrogen-bond acceptors (Lipinski definition) is 2. The van der Waals surface area contributed by atoms with E-state index in [9.17, 15) is 4.79 Å². The number of nitrogens with two attached hydrogens (primary N) is 1. The predicted molar refractivity (Wildman–Crippen MR) is 89.8 cm³/mol. The maximum Gasteiger partial charge on any atom is 0.232 e. The SMILES string of the molecule is CCc1ccc(C(C)(C)C(=O)N2CCC(CN)C2)cc1.Cl. The lowest BCUT2D eigenvalue weighted by atomic mass is 9.82. The molecule has 2 N–H and O–H groups in total. The molecule has 1 unspecified atom stereocenters. The van der Waals surface area contributed by atoms with Gasteiger partial charge in [-0.25, -0.2) is 0 Å². The molecule has 1 atom stereocenters. The van der Waals surface area contributed by atoms with E-state index in [4.69, 9.17) is 5.73 Å². The molecule has 1 aliphatic rings. The molecular formula is C17H27ClN2O. The Balaban J connectivity index is 0.00000220. The van der Waals surface area contributed by atoms with Crippen molar-refractivity contribution in [1.29, 1.82) is 0 Å². The monoisotopic (exact) mass is 310 g/mol. The topological polar surface area (TPSA) is 46.3 Å². The maximum atomic E-state index is 12.8. The van der Waals surface area contributed by atoms with Gasteiger partial charge >= 0.3 is 0 Å². The van der Waals surface area contributed by atoms with Crippen LogP contribution in [0.15, 0.2) is 24.3 Å². The molecule has 0 aliphatic carbocycles.